The molecule has 1 aromatic rings. The SMILES string of the molecule is CN1CCN(CCOc2ccc(C=O)nc2)CC1. The minimum atomic E-state index is 0.432. The molecule has 0 unspecified atom stereocenters. The van der Waals surface area contributed by atoms with E-state index >= 15 is 0 Å². The fourth-order valence-corrected chi connectivity index (χ4v) is 1.91. The summed E-state index contributed by atoms with van der Waals surface area (Å²) in [6.45, 7) is 6.03. The molecule has 0 aromatic carbocycles. The zero-order valence-electron chi connectivity index (χ0n) is 10.7. The van der Waals surface area contributed by atoms with Gasteiger partial charge in [0.25, 0.3) is 0 Å². The molecule has 0 bridgehead atoms. The molecule has 18 heavy (non-hydrogen) atoms. The maximum atomic E-state index is 10.5. The highest BCUT2D eigenvalue weighted by Gasteiger charge is 2.13. The van der Waals surface area contributed by atoms with E-state index < -0.39 is 0 Å². The third kappa shape index (κ3) is 3.78. The van der Waals surface area contributed by atoms with Gasteiger partial charge in [0.05, 0.1) is 6.20 Å². The first kappa shape index (κ1) is 13.0. The monoisotopic (exact) mass is 249 g/mol. The van der Waals surface area contributed by atoms with Crippen LogP contribution in [0, 0.1) is 0 Å². The second kappa shape index (κ2) is 6.47. The van der Waals surface area contributed by atoms with Gasteiger partial charge in [0.15, 0.2) is 6.29 Å². The van der Waals surface area contributed by atoms with Crippen LogP contribution in [0.3, 0.4) is 0 Å². The van der Waals surface area contributed by atoms with E-state index in [9.17, 15) is 4.79 Å². The van der Waals surface area contributed by atoms with Gasteiger partial charge >= 0.3 is 0 Å². The van der Waals surface area contributed by atoms with Crippen molar-refractivity contribution in [2.75, 3.05) is 46.4 Å². The summed E-state index contributed by atoms with van der Waals surface area (Å²) < 4.78 is 5.60. The number of carbonyl (C=O) groups excluding carboxylic acids is 1. The molecule has 1 aromatic heterocycles. The third-order valence-corrected chi connectivity index (χ3v) is 3.15. The number of ether oxygens (including phenoxy) is 1. The molecule has 5 nitrogen and oxygen atoms in total. The average molecular weight is 249 g/mol. The summed E-state index contributed by atoms with van der Waals surface area (Å²) in [5.41, 5.74) is 0.432. The number of hydrogen-bond donors (Lipinski definition) is 0. The molecule has 0 amide bonds. The zero-order valence-corrected chi connectivity index (χ0v) is 10.7. The van der Waals surface area contributed by atoms with E-state index in [1.54, 1.807) is 18.3 Å². The number of aromatic nitrogens is 1. The molecule has 0 radical (unpaired) electrons. The first-order valence-electron chi connectivity index (χ1n) is 6.23. The van der Waals surface area contributed by atoms with Crippen LogP contribution in [0.15, 0.2) is 18.3 Å². The van der Waals surface area contributed by atoms with Gasteiger partial charge in [-0.1, -0.05) is 0 Å². The van der Waals surface area contributed by atoms with E-state index in [4.69, 9.17) is 4.74 Å². The molecular formula is C13H19N3O2. The third-order valence-electron chi connectivity index (χ3n) is 3.15. The van der Waals surface area contributed by atoms with Crippen LogP contribution in [-0.4, -0.2) is 67.4 Å². The van der Waals surface area contributed by atoms with Crippen molar-refractivity contribution in [3.63, 3.8) is 0 Å². The van der Waals surface area contributed by atoms with Gasteiger partial charge < -0.3 is 9.64 Å². The zero-order chi connectivity index (χ0) is 12.8. The summed E-state index contributed by atoms with van der Waals surface area (Å²) in [5.74, 6) is 0.717. The largest absolute Gasteiger partial charge is 0.491 e. The van der Waals surface area contributed by atoms with Gasteiger partial charge in [0.2, 0.25) is 0 Å². The Bertz CT molecular complexity index is 372. The van der Waals surface area contributed by atoms with Crippen LogP contribution in [0.4, 0.5) is 0 Å². The molecule has 0 atom stereocenters. The Hall–Kier alpha value is -1.46. The Labute approximate surface area is 107 Å². The maximum absolute atomic E-state index is 10.5. The van der Waals surface area contributed by atoms with Crippen molar-refractivity contribution in [1.82, 2.24) is 14.8 Å². The summed E-state index contributed by atoms with van der Waals surface area (Å²) in [7, 11) is 2.15. The van der Waals surface area contributed by atoms with Gasteiger partial charge in [0, 0.05) is 32.7 Å². The summed E-state index contributed by atoms with van der Waals surface area (Å²) in [6, 6.07) is 3.44. The Morgan fingerprint density at radius 1 is 1.33 bits per heavy atom. The lowest BCUT2D eigenvalue weighted by molar-refractivity contribution is 0.111. The highest BCUT2D eigenvalue weighted by molar-refractivity contribution is 5.71. The topological polar surface area (TPSA) is 45.7 Å². The molecular weight excluding hydrogens is 230 g/mol. The van der Waals surface area contributed by atoms with Gasteiger partial charge in [-0.05, 0) is 19.2 Å². The van der Waals surface area contributed by atoms with Gasteiger partial charge in [-0.25, -0.2) is 4.98 Å². The molecule has 0 spiro atoms. The van der Waals surface area contributed by atoms with Crippen LogP contribution in [0.25, 0.3) is 0 Å². The number of hydrogen-bond acceptors (Lipinski definition) is 5. The van der Waals surface area contributed by atoms with E-state index in [0.717, 1.165) is 44.8 Å². The van der Waals surface area contributed by atoms with E-state index in [1.165, 1.54) is 0 Å². The van der Waals surface area contributed by atoms with E-state index in [2.05, 4.69) is 21.8 Å². The Morgan fingerprint density at radius 3 is 2.72 bits per heavy atom. The van der Waals surface area contributed by atoms with Crippen molar-refractivity contribution in [3.8, 4) is 5.75 Å². The predicted octanol–water partition coefficient (Wildman–Crippen LogP) is 0.520. The predicted molar refractivity (Wildman–Crippen MR) is 69.1 cm³/mol. The van der Waals surface area contributed by atoms with E-state index in [1.807, 2.05) is 0 Å². The minimum Gasteiger partial charge on any atom is -0.491 e. The standard InChI is InChI=1S/C13H19N3O2/c1-15-4-6-16(7-5-15)8-9-18-13-3-2-12(11-17)14-10-13/h2-3,10-11H,4-9H2,1H3. The van der Waals surface area contributed by atoms with Crippen LogP contribution in [-0.2, 0) is 0 Å². The van der Waals surface area contributed by atoms with Crippen LogP contribution in [0.2, 0.25) is 0 Å². The average Bonchev–Trinajstić information content (AvgIpc) is 2.42. The summed E-state index contributed by atoms with van der Waals surface area (Å²) in [6.07, 6.45) is 2.32. The lowest BCUT2D eigenvalue weighted by Crippen LogP contribution is -2.45. The molecule has 0 saturated carbocycles. The Balaban J connectivity index is 1.69. The highest BCUT2D eigenvalue weighted by atomic mass is 16.5. The lowest BCUT2D eigenvalue weighted by atomic mass is 10.3. The highest BCUT2D eigenvalue weighted by Crippen LogP contribution is 2.08. The minimum absolute atomic E-state index is 0.432. The van der Waals surface area contributed by atoms with E-state index in [-0.39, 0.29) is 0 Å². The molecule has 5 heteroatoms. The van der Waals surface area contributed by atoms with Gasteiger partial charge in [-0.2, -0.15) is 0 Å². The van der Waals surface area contributed by atoms with Gasteiger partial charge in [-0.3, -0.25) is 9.69 Å². The second-order valence-electron chi connectivity index (χ2n) is 4.53. The molecule has 1 fully saturated rings. The second-order valence-corrected chi connectivity index (χ2v) is 4.53. The fraction of sp³-hybridized carbons (Fsp3) is 0.538. The van der Waals surface area contributed by atoms with Crippen molar-refractivity contribution < 1.29 is 9.53 Å². The normalized spacial score (nSPS) is 17.6. The van der Waals surface area contributed by atoms with Gasteiger partial charge in [-0.15, -0.1) is 0 Å². The van der Waals surface area contributed by atoms with Crippen molar-refractivity contribution in [2.24, 2.45) is 0 Å². The molecule has 98 valence electrons. The van der Waals surface area contributed by atoms with Crippen molar-refractivity contribution in [3.05, 3.63) is 24.0 Å². The number of nitrogens with zero attached hydrogens (tertiary/aromatic N) is 3. The molecule has 1 aliphatic heterocycles. The number of pyridine rings is 1. The Kier molecular flexibility index (Phi) is 4.66. The number of rotatable bonds is 5. The van der Waals surface area contributed by atoms with Crippen LogP contribution in [0.1, 0.15) is 10.5 Å². The summed E-state index contributed by atoms with van der Waals surface area (Å²) in [5, 5.41) is 0. The molecule has 0 N–H and O–H groups in total. The lowest BCUT2D eigenvalue weighted by Gasteiger charge is -2.32. The molecule has 2 rings (SSSR count). The van der Waals surface area contributed by atoms with E-state index in [0.29, 0.717) is 12.3 Å². The first-order valence-corrected chi connectivity index (χ1v) is 6.23. The van der Waals surface area contributed by atoms with Crippen molar-refractivity contribution in [2.45, 2.75) is 0 Å². The fourth-order valence-electron chi connectivity index (χ4n) is 1.91. The molecule has 0 aliphatic carbocycles. The number of aldehydes is 1. The quantitative estimate of drug-likeness (QED) is 0.712. The first-order chi connectivity index (χ1) is 8.78. The van der Waals surface area contributed by atoms with Crippen LogP contribution in [0.5, 0.6) is 5.75 Å². The summed E-state index contributed by atoms with van der Waals surface area (Å²) in [4.78, 5) is 19.1. The Morgan fingerprint density at radius 2 is 2.11 bits per heavy atom. The number of carbonyl (C=O) groups is 1. The van der Waals surface area contributed by atoms with Crippen molar-refractivity contribution >= 4 is 6.29 Å². The van der Waals surface area contributed by atoms with Crippen LogP contribution < -0.4 is 4.74 Å². The number of piperazine rings is 1. The summed E-state index contributed by atoms with van der Waals surface area (Å²) >= 11 is 0. The van der Waals surface area contributed by atoms with Crippen LogP contribution >= 0.6 is 0 Å². The smallest absolute Gasteiger partial charge is 0.168 e. The van der Waals surface area contributed by atoms with Gasteiger partial charge in [0.1, 0.15) is 18.1 Å². The van der Waals surface area contributed by atoms with Crippen molar-refractivity contribution in [1.29, 1.82) is 0 Å². The maximum Gasteiger partial charge on any atom is 0.168 e. The molecule has 1 aliphatic rings. The number of likely N-dealkylation sites (N-methyl/N-ethyl adjacent to an activating group) is 1. The molecule has 1 saturated heterocycles. The molecule has 2 heterocycles.